The number of nitrogens with one attached hydrogen (secondary N) is 1. The average molecular weight is 284 g/mol. The van der Waals surface area contributed by atoms with Gasteiger partial charge in [0.1, 0.15) is 0 Å². The molecule has 1 aromatic carbocycles. The van der Waals surface area contributed by atoms with Crippen molar-refractivity contribution in [2.75, 3.05) is 11.6 Å². The number of nitrogens with two attached hydrogens (primary N) is 1. The first-order valence-corrected chi connectivity index (χ1v) is 7.89. The van der Waals surface area contributed by atoms with Crippen LogP contribution in [0.15, 0.2) is 23.1 Å². The molecule has 0 radical (unpaired) electrons. The Hall–Kier alpha value is -1.40. The van der Waals surface area contributed by atoms with E-state index in [1.807, 2.05) is 13.8 Å². The molecule has 1 amide bonds. The van der Waals surface area contributed by atoms with E-state index in [1.165, 1.54) is 12.1 Å². The summed E-state index contributed by atoms with van der Waals surface area (Å²) < 4.78 is 23.0. The molecule has 0 aliphatic heterocycles. The van der Waals surface area contributed by atoms with E-state index in [9.17, 15) is 13.2 Å². The molecule has 0 saturated heterocycles. The van der Waals surface area contributed by atoms with Crippen LogP contribution in [0.2, 0.25) is 0 Å². The molecule has 19 heavy (non-hydrogen) atoms. The molecule has 1 rings (SSSR count). The number of benzene rings is 1. The molecule has 0 aliphatic rings. The van der Waals surface area contributed by atoms with Crippen molar-refractivity contribution in [3.63, 3.8) is 0 Å². The molecule has 0 bridgehead atoms. The van der Waals surface area contributed by atoms with Crippen LogP contribution in [-0.2, 0) is 14.6 Å². The Kier molecular flexibility index (Phi) is 4.70. The smallest absolute Gasteiger partial charge is 0.241 e. The minimum absolute atomic E-state index is 0.0124. The maximum Gasteiger partial charge on any atom is 0.241 e. The summed E-state index contributed by atoms with van der Waals surface area (Å²) in [4.78, 5) is 12.1. The van der Waals surface area contributed by atoms with Gasteiger partial charge in [-0.1, -0.05) is 19.9 Å². The van der Waals surface area contributed by atoms with Crippen molar-refractivity contribution in [2.45, 2.75) is 31.7 Å². The lowest BCUT2D eigenvalue weighted by atomic mass is 10.0. The third-order valence-corrected chi connectivity index (χ3v) is 4.03. The normalized spacial score (nSPS) is 13.4. The first-order chi connectivity index (χ1) is 8.62. The summed E-state index contributed by atoms with van der Waals surface area (Å²) >= 11 is 0. The van der Waals surface area contributed by atoms with Gasteiger partial charge in [-0.25, -0.2) is 8.42 Å². The second kappa shape index (κ2) is 5.71. The molecule has 0 fully saturated rings. The molecular formula is C13H20N2O3S. The fraction of sp³-hybridized carbons (Fsp3) is 0.462. The minimum Gasteiger partial charge on any atom is -0.324 e. The lowest BCUT2D eigenvalue weighted by Gasteiger charge is -2.17. The van der Waals surface area contributed by atoms with E-state index in [2.05, 4.69) is 5.32 Å². The molecule has 0 aromatic heterocycles. The summed E-state index contributed by atoms with van der Waals surface area (Å²) in [6.07, 6.45) is 1.13. The van der Waals surface area contributed by atoms with E-state index < -0.39 is 15.9 Å². The van der Waals surface area contributed by atoms with Crippen LogP contribution in [0.25, 0.3) is 0 Å². The van der Waals surface area contributed by atoms with Gasteiger partial charge in [0.2, 0.25) is 5.91 Å². The Balaban J connectivity index is 3.05. The van der Waals surface area contributed by atoms with Crippen molar-refractivity contribution in [3.8, 4) is 0 Å². The third-order valence-electron chi connectivity index (χ3n) is 2.92. The SMILES string of the molecule is Cc1ccc(S(C)(=O)=O)cc1NC(=O)C(N)C(C)C. The van der Waals surface area contributed by atoms with E-state index in [1.54, 1.807) is 13.0 Å². The van der Waals surface area contributed by atoms with Crippen molar-refractivity contribution in [2.24, 2.45) is 11.7 Å². The first kappa shape index (κ1) is 15.7. The Bertz CT molecular complexity index is 580. The summed E-state index contributed by atoms with van der Waals surface area (Å²) in [6.45, 7) is 5.50. The lowest BCUT2D eigenvalue weighted by molar-refractivity contribution is -0.118. The fourth-order valence-corrected chi connectivity index (χ4v) is 2.13. The highest BCUT2D eigenvalue weighted by Gasteiger charge is 2.18. The Labute approximate surface area is 114 Å². The Morgan fingerprint density at radius 2 is 1.89 bits per heavy atom. The van der Waals surface area contributed by atoms with Gasteiger partial charge in [-0.05, 0) is 30.5 Å². The first-order valence-electron chi connectivity index (χ1n) is 6.00. The largest absolute Gasteiger partial charge is 0.324 e. The second-order valence-electron chi connectivity index (χ2n) is 5.01. The topological polar surface area (TPSA) is 89.3 Å². The summed E-state index contributed by atoms with van der Waals surface area (Å²) in [7, 11) is -3.30. The second-order valence-corrected chi connectivity index (χ2v) is 7.02. The summed E-state index contributed by atoms with van der Waals surface area (Å²) in [6, 6.07) is 4.01. The highest BCUT2D eigenvalue weighted by molar-refractivity contribution is 7.90. The number of hydrogen-bond acceptors (Lipinski definition) is 4. The van der Waals surface area contributed by atoms with Crippen LogP contribution < -0.4 is 11.1 Å². The van der Waals surface area contributed by atoms with Crippen LogP contribution >= 0.6 is 0 Å². The van der Waals surface area contributed by atoms with Crippen LogP contribution in [-0.4, -0.2) is 26.6 Å². The molecule has 0 aliphatic carbocycles. The fourth-order valence-electron chi connectivity index (χ4n) is 1.49. The summed E-state index contributed by atoms with van der Waals surface area (Å²) in [5.74, 6) is -0.304. The Morgan fingerprint density at radius 1 is 1.32 bits per heavy atom. The molecule has 1 atom stereocenters. The zero-order valence-electron chi connectivity index (χ0n) is 11.6. The van der Waals surface area contributed by atoms with Crippen molar-refractivity contribution < 1.29 is 13.2 Å². The number of anilines is 1. The molecule has 106 valence electrons. The quantitative estimate of drug-likeness (QED) is 0.872. The van der Waals surface area contributed by atoms with Crippen molar-refractivity contribution in [1.29, 1.82) is 0 Å². The maximum atomic E-state index is 11.9. The van der Waals surface area contributed by atoms with Gasteiger partial charge in [-0.2, -0.15) is 0 Å². The maximum absolute atomic E-state index is 11.9. The van der Waals surface area contributed by atoms with E-state index in [4.69, 9.17) is 5.73 Å². The van der Waals surface area contributed by atoms with Crippen LogP contribution in [0, 0.1) is 12.8 Å². The van der Waals surface area contributed by atoms with Crippen molar-refractivity contribution in [1.82, 2.24) is 0 Å². The number of rotatable bonds is 4. The van der Waals surface area contributed by atoms with E-state index in [0.717, 1.165) is 11.8 Å². The lowest BCUT2D eigenvalue weighted by Crippen LogP contribution is -2.39. The Morgan fingerprint density at radius 3 is 2.37 bits per heavy atom. The van der Waals surface area contributed by atoms with Gasteiger partial charge in [0.15, 0.2) is 9.84 Å². The molecule has 1 aromatic rings. The van der Waals surface area contributed by atoms with E-state index >= 15 is 0 Å². The van der Waals surface area contributed by atoms with Gasteiger partial charge in [0.25, 0.3) is 0 Å². The molecular weight excluding hydrogens is 264 g/mol. The number of amides is 1. The monoisotopic (exact) mass is 284 g/mol. The van der Waals surface area contributed by atoms with Crippen LogP contribution in [0.5, 0.6) is 0 Å². The standard InChI is InChI=1S/C13H20N2O3S/c1-8(2)12(14)13(16)15-11-7-10(19(4,17)18)6-5-9(11)3/h5-8,12H,14H2,1-4H3,(H,15,16). The van der Waals surface area contributed by atoms with Crippen molar-refractivity contribution >= 4 is 21.4 Å². The van der Waals surface area contributed by atoms with Crippen LogP contribution in [0.1, 0.15) is 19.4 Å². The number of hydrogen-bond donors (Lipinski definition) is 2. The zero-order valence-corrected chi connectivity index (χ0v) is 12.4. The third kappa shape index (κ3) is 4.04. The van der Waals surface area contributed by atoms with E-state index in [-0.39, 0.29) is 16.7 Å². The predicted molar refractivity (Wildman–Crippen MR) is 75.7 cm³/mol. The van der Waals surface area contributed by atoms with Gasteiger partial charge in [-0.3, -0.25) is 4.79 Å². The van der Waals surface area contributed by atoms with Crippen LogP contribution in [0.4, 0.5) is 5.69 Å². The zero-order chi connectivity index (χ0) is 14.8. The highest BCUT2D eigenvalue weighted by atomic mass is 32.2. The average Bonchev–Trinajstić information content (AvgIpc) is 2.29. The van der Waals surface area contributed by atoms with Crippen LogP contribution in [0.3, 0.4) is 0 Å². The number of carbonyl (C=O) groups is 1. The van der Waals surface area contributed by atoms with Gasteiger partial charge < -0.3 is 11.1 Å². The number of carbonyl (C=O) groups excluding carboxylic acids is 1. The van der Waals surface area contributed by atoms with Crippen molar-refractivity contribution in [3.05, 3.63) is 23.8 Å². The summed E-state index contributed by atoms with van der Waals surface area (Å²) in [5, 5.41) is 2.68. The van der Waals surface area contributed by atoms with Gasteiger partial charge in [0, 0.05) is 11.9 Å². The number of aryl methyl sites for hydroxylation is 1. The molecule has 0 heterocycles. The minimum atomic E-state index is -3.30. The molecule has 6 heteroatoms. The molecule has 0 spiro atoms. The predicted octanol–water partition coefficient (Wildman–Crippen LogP) is 1.32. The molecule has 0 saturated carbocycles. The molecule has 5 nitrogen and oxygen atoms in total. The van der Waals surface area contributed by atoms with Gasteiger partial charge in [0.05, 0.1) is 10.9 Å². The van der Waals surface area contributed by atoms with Gasteiger partial charge >= 0.3 is 0 Å². The molecule has 1 unspecified atom stereocenters. The summed E-state index contributed by atoms with van der Waals surface area (Å²) in [5.41, 5.74) is 7.02. The van der Waals surface area contributed by atoms with E-state index in [0.29, 0.717) is 5.69 Å². The number of sulfone groups is 1. The van der Waals surface area contributed by atoms with Gasteiger partial charge in [-0.15, -0.1) is 0 Å². The highest BCUT2D eigenvalue weighted by Crippen LogP contribution is 2.20. The molecule has 3 N–H and O–H groups in total.